The van der Waals surface area contributed by atoms with Gasteiger partial charge in [0.1, 0.15) is 5.67 Å². The van der Waals surface area contributed by atoms with Crippen LogP contribution in [0.2, 0.25) is 0 Å². The average molecular weight is 122 g/mol. The molecule has 0 aromatic rings. The molecule has 6 saturated carbocycles. The fourth-order valence-electron chi connectivity index (χ4n) is 5.29. The molecule has 0 unspecified atom stereocenters. The van der Waals surface area contributed by atoms with E-state index in [4.69, 9.17) is 0 Å². The first-order valence-electron chi connectivity index (χ1n) is 4.06. The maximum absolute atomic E-state index is 13.4. The Morgan fingerprint density at radius 3 is 1.44 bits per heavy atom. The van der Waals surface area contributed by atoms with Gasteiger partial charge in [0.05, 0.1) is 0 Å². The van der Waals surface area contributed by atoms with Crippen LogP contribution in [-0.4, -0.2) is 5.67 Å². The zero-order valence-corrected chi connectivity index (χ0v) is 4.92. The van der Waals surface area contributed by atoms with Crippen molar-refractivity contribution in [2.45, 2.75) is 5.67 Å². The van der Waals surface area contributed by atoms with Gasteiger partial charge in [0.15, 0.2) is 0 Å². The second-order valence-electron chi connectivity index (χ2n) is 4.71. The molecule has 46 valence electrons. The van der Waals surface area contributed by atoms with Gasteiger partial charge in [-0.25, -0.2) is 4.39 Å². The summed E-state index contributed by atoms with van der Waals surface area (Å²) in [5.74, 6) is 5.69. The van der Waals surface area contributed by atoms with E-state index in [1.807, 2.05) is 0 Å². The molecular formula is C8H7F. The van der Waals surface area contributed by atoms with Gasteiger partial charge in [0.25, 0.3) is 0 Å². The normalized spacial score (nSPS) is 106. The maximum atomic E-state index is 13.4. The van der Waals surface area contributed by atoms with Crippen LogP contribution < -0.4 is 0 Å². The molecule has 0 N–H and O–H groups in total. The first kappa shape index (κ1) is 3.36. The molecular weight excluding hydrogens is 115 g/mol. The third-order valence-electron chi connectivity index (χ3n) is 5.35. The van der Waals surface area contributed by atoms with E-state index < -0.39 is 5.67 Å². The minimum Gasteiger partial charge on any atom is -0.243 e. The van der Waals surface area contributed by atoms with Gasteiger partial charge in [-0.05, 0) is 23.7 Å². The van der Waals surface area contributed by atoms with Crippen molar-refractivity contribution < 1.29 is 4.39 Å². The predicted molar refractivity (Wildman–Crippen MR) is 28.3 cm³/mol. The van der Waals surface area contributed by atoms with Gasteiger partial charge >= 0.3 is 0 Å². The highest BCUT2D eigenvalue weighted by molar-refractivity contribution is 5.51. The highest BCUT2D eigenvalue weighted by Crippen LogP contribution is 3.03. The van der Waals surface area contributed by atoms with Gasteiger partial charge < -0.3 is 0 Å². The lowest BCUT2D eigenvalue weighted by Gasteiger charge is -3.04. The van der Waals surface area contributed by atoms with Gasteiger partial charge in [-0.15, -0.1) is 0 Å². The van der Waals surface area contributed by atoms with Crippen molar-refractivity contribution in [3.05, 3.63) is 0 Å². The fraction of sp³-hybridized carbons (Fsp3) is 1.00. The summed E-state index contributed by atoms with van der Waals surface area (Å²) in [5, 5.41) is 0. The SMILES string of the molecule is FC12C3C4C5C3C1C5C42. The van der Waals surface area contributed by atoms with E-state index in [1.54, 1.807) is 0 Å². The molecule has 0 radical (unpaired) electrons. The van der Waals surface area contributed by atoms with Gasteiger partial charge in [-0.1, -0.05) is 0 Å². The molecule has 1 heteroatoms. The summed E-state index contributed by atoms with van der Waals surface area (Å²) in [7, 11) is 0. The summed E-state index contributed by atoms with van der Waals surface area (Å²) in [6.45, 7) is 0. The number of hydrogen-bond donors (Lipinski definition) is 0. The Kier molecular flexibility index (Phi) is 0.196. The molecule has 0 aliphatic heterocycles. The first-order chi connectivity index (χ1) is 4.37. The molecule has 6 aliphatic carbocycles. The van der Waals surface area contributed by atoms with E-state index in [2.05, 4.69) is 0 Å². The second kappa shape index (κ2) is 0.525. The lowest BCUT2D eigenvalue weighted by Crippen LogP contribution is -3.07. The van der Waals surface area contributed by atoms with Gasteiger partial charge in [0, 0.05) is 17.8 Å². The molecule has 0 atom stereocenters. The largest absolute Gasteiger partial charge is 0.243 e. The summed E-state index contributed by atoms with van der Waals surface area (Å²) in [6, 6.07) is 0. The van der Waals surface area contributed by atoms with Crippen molar-refractivity contribution in [2.24, 2.45) is 41.4 Å². The van der Waals surface area contributed by atoms with Crippen molar-refractivity contribution in [3.63, 3.8) is 0 Å². The summed E-state index contributed by atoms with van der Waals surface area (Å²) >= 11 is 0. The van der Waals surface area contributed by atoms with E-state index >= 15 is 0 Å². The Morgan fingerprint density at radius 2 is 1.22 bits per heavy atom. The first-order valence-corrected chi connectivity index (χ1v) is 4.06. The molecule has 0 saturated heterocycles. The monoisotopic (exact) mass is 122 g/mol. The molecule has 0 spiro atoms. The van der Waals surface area contributed by atoms with Crippen molar-refractivity contribution >= 4 is 0 Å². The van der Waals surface area contributed by atoms with Crippen molar-refractivity contribution in [2.75, 3.05) is 0 Å². The number of halogens is 1. The fourth-order valence-corrected chi connectivity index (χ4v) is 5.29. The topological polar surface area (TPSA) is 0 Å². The summed E-state index contributed by atoms with van der Waals surface area (Å²) in [6.07, 6.45) is 0. The third-order valence-corrected chi connectivity index (χ3v) is 5.35. The molecule has 6 aliphatic rings. The molecule has 0 aromatic carbocycles. The van der Waals surface area contributed by atoms with Crippen LogP contribution in [0.4, 0.5) is 4.39 Å². The highest BCUT2D eigenvalue weighted by Gasteiger charge is 3.05. The standard InChI is InChI=1S/C8H7F/c9-8-5-2-1-3(5)7(8)4(1)6(2)8/h1-7H. The molecule has 6 rings (SSSR count). The van der Waals surface area contributed by atoms with Gasteiger partial charge in [-0.3, -0.25) is 0 Å². The Morgan fingerprint density at radius 1 is 0.778 bits per heavy atom. The van der Waals surface area contributed by atoms with Crippen LogP contribution in [0.15, 0.2) is 0 Å². The van der Waals surface area contributed by atoms with E-state index in [-0.39, 0.29) is 0 Å². The van der Waals surface area contributed by atoms with Crippen LogP contribution >= 0.6 is 0 Å². The van der Waals surface area contributed by atoms with Crippen LogP contribution in [-0.2, 0) is 0 Å². The average Bonchev–Trinajstić information content (AvgIpc) is 1.88. The van der Waals surface area contributed by atoms with Crippen molar-refractivity contribution in [3.8, 4) is 0 Å². The molecule has 0 aromatic heterocycles. The highest BCUT2D eigenvalue weighted by atomic mass is 19.1. The van der Waals surface area contributed by atoms with Crippen LogP contribution in [0.3, 0.4) is 0 Å². The number of hydrogen-bond acceptors (Lipinski definition) is 0. The van der Waals surface area contributed by atoms with Crippen LogP contribution in [0.5, 0.6) is 0 Å². The van der Waals surface area contributed by atoms with E-state index in [0.29, 0.717) is 17.8 Å². The molecule has 6 fully saturated rings. The van der Waals surface area contributed by atoms with Crippen molar-refractivity contribution in [1.29, 1.82) is 0 Å². The quantitative estimate of drug-likeness (QED) is 0.451. The van der Waals surface area contributed by atoms with E-state index in [9.17, 15) is 4.39 Å². The minimum atomic E-state index is -0.533. The summed E-state index contributed by atoms with van der Waals surface area (Å²) in [4.78, 5) is 0. The Hall–Kier alpha value is -0.0700. The van der Waals surface area contributed by atoms with Gasteiger partial charge in [-0.2, -0.15) is 0 Å². The lowest BCUT2D eigenvalue weighted by molar-refractivity contribution is -0.604. The van der Waals surface area contributed by atoms with Crippen LogP contribution in [0, 0.1) is 41.4 Å². The summed E-state index contributed by atoms with van der Waals surface area (Å²) < 4.78 is 13.4. The molecule has 9 heavy (non-hydrogen) atoms. The molecule has 0 amide bonds. The predicted octanol–water partition coefficient (Wildman–Crippen LogP) is 1.08. The van der Waals surface area contributed by atoms with Gasteiger partial charge in [0.2, 0.25) is 0 Å². The van der Waals surface area contributed by atoms with Crippen LogP contribution in [0.25, 0.3) is 0 Å². The maximum Gasteiger partial charge on any atom is 0.121 e. The van der Waals surface area contributed by atoms with E-state index in [0.717, 1.165) is 23.7 Å². The zero-order valence-electron chi connectivity index (χ0n) is 4.92. The molecule has 0 nitrogen and oxygen atoms in total. The number of rotatable bonds is 0. The third kappa shape index (κ3) is 0.0959. The van der Waals surface area contributed by atoms with E-state index in [1.165, 1.54) is 0 Å². The lowest BCUT2D eigenvalue weighted by atomic mass is 9.00. The molecule has 0 heterocycles. The second-order valence-corrected chi connectivity index (χ2v) is 4.71. The van der Waals surface area contributed by atoms with Crippen LogP contribution in [0.1, 0.15) is 0 Å². The minimum absolute atomic E-state index is 0.533. The Balaban J connectivity index is 1.93. The number of alkyl halides is 1. The smallest absolute Gasteiger partial charge is 0.121 e. The van der Waals surface area contributed by atoms with Crippen molar-refractivity contribution in [1.82, 2.24) is 0 Å². The Labute approximate surface area is 52.4 Å². The Bertz CT molecular complexity index is 206. The zero-order chi connectivity index (χ0) is 5.54. The molecule has 0 bridgehead atoms. The summed E-state index contributed by atoms with van der Waals surface area (Å²) in [5.41, 5.74) is -0.533.